The van der Waals surface area contributed by atoms with Gasteiger partial charge in [-0.2, -0.15) is 13.2 Å². The Morgan fingerprint density at radius 3 is 1.66 bits per heavy atom. The predicted octanol–water partition coefficient (Wildman–Crippen LogP) is 10.1. The lowest BCUT2D eigenvalue weighted by molar-refractivity contribution is -0.123. The molecule has 8 rings (SSSR count). The molecular formula is C42H33F3N8O2S. The molecule has 1 fully saturated rings. The smallest absolute Gasteiger partial charge is 0.325 e. The number of pyridine rings is 4. The van der Waals surface area contributed by atoms with Gasteiger partial charge in [-0.05, 0) is 108 Å². The fourth-order valence-corrected chi connectivity index (χ4v) is 7.72. The fourth-order valence-electron chi connectivity index (χ4n) is 7.19. The molecule has 4 aromatic heterocycles. The number of rotatable bonds is 10. The summed E-state index contributed by atoms with van der Waals surface area (Å²) in [7, 11) is 0. The summed E-state index contributed by atoms with van der Waals surface area (Å²) in [6, 6.07) is 34.8. The summed E-state index contributed by atoms with van der Waals surface area (Å²) in [5.41, 5.74) is -2.93. The molecule has 1 saturated heterocycles. The van der Waals surface area contributed by atoms with E-state index in [1.165, 1.54) is 24.3 Å². The quantitative estimate of drug-likeness (QED) is 0.0921. The molecule has 10 nitrogen and oxygen atoms in total. The van der Waals surface area contributed by atoms with Crippen molar-refractivity contribution in [2.24, 2.45) is 0 Å². The van der Waals surface area contributed by atoms with Crippen molar-refractivity contribution in [3.63, 3.8) is 0 Å². The van der Waals surface area contributed by atoms with Gasteiger partial charge in [-0.1, -0.05) is 50.2 Å². The lowest BCUT2D eigenvalue weighted by Crippen LogP contribution is -2.55. The monoisotopic (exact) mass is 770 g/mol. The minimum absolute atomic E-state index is 0.0725. The van der Waals surface area contributed by atoms with Crippen LogP contribution in [0.3, 0.4) is 0 Å². The third-order valence-electron chi connectivity index (χ3n) is 10.0. The van der Waals surface area contributed by atoms with Crippen molar-refractivity contribution in [1.82, 2.24) is 25.3 Å². The molecule has 3 amide bonds. The first-order valence-electron chi connectivity index (χ1n) is 17.7. The summed E-state index contributed by atoms with van der Waals surface area (Å²) < 4.78 is 39.3. The number of benzene rings is 3. The standard InChI is InChI=1S/C42H33F3N8O2S/c1-25(29-19-21-46-37(23-29)50-35-17-11-27-7-3-5-9-33(27)48-35)41(39(54)53(40(55)52-41)31-13-15-32(16-14-31)56-42(43,44)45)26(2)30-20-22-47-38(24-30)51-36-18-12-28-8-4-6-10-34(28)49-36/h3-26H,1-2H3,(H,52,55)(H,46,48,50)(H,47,49,51). The van der Waals surface area contributed by atoms with E-state index in [-0.39, 0.29) is 22.3 Å². The molecular weight excluding hydrogens is 738 g/mol. The lowest BCUT2D eigenvalue weighted by atomic mass is 9.70. The van der Waals surface area contributed by atoms with Crippen molar-refractivity contribution in [2.75, 3.05) is 15.5 Å². The molecule has 7 aromatic rings. The molecule has 280 valence electrons. The van der Waals surface area contributed by atoms with Crippen molar-refractivity contribution >= 4 is 74.5 Å². The minimum atomic E-state index is -4.49. The number of alkyl halides is 3. The van der Waals surface area contributed by atoms with Gasteiger partial charge in [0.15, 0.2) is 0 Å². The first-order chi connectivity index (χ1) is 27.0. The molecule has 14 heteroatoms. The number of urea groups is 1. The first-order valence-corrected chi connectivity index (χ1v) is 18.5. The Bertz CT molecular complexity index is 2470. The van der Waals surface area contributed by atoms with Crippen LogP contribution in [0.5, 0.6) is 0 Å². The first kappa shape index (κ1) is 36.4. The number of anilines is 5. The van der Waals surface area contributed by atoms with Gasteiger partial charge in [-0.3, -0.25) is 4.79 Å². The Hall–Kier alpha value is -6.54. The van der Waals surface area contributed by atoms with Crippen LogP contribution in [0.2, 0.25) is 0 Å². The highest BCUT2D eigenvalue weighted by Crippen LogP contribution is 2.46. The molecule has 0 bridgehead atoms. The molecule has 2 atom stereocenters. The molecule has 3 aromatic carbocycles. The van der Waals surface area contributed by atoms with E-state index in [9.17, 15) is 22.8 Å². The number of nitrogens with zero attached hydrogens (tertiary/aromatic N) is 5. The van der Waals surface area contributed by atoms with Gasteiger partial charge in [0.25, 0.3) is 5.91 Å². The van der Waals surface area contributed by atoms with Gasteiger partial charge in [0, 0.05) is 39.9 Å². The second-order valence-electron chi connectivity index (χ2n) is 13.4. The molecule has 0 saturated carbocycles. The summed E-state index contributed by atoms with van der Waals surface area (Å²) in [4.78, 5) is 48.3. The van der Waals surface area contributed by atoms with Crippen LogP contribution >= 0.6 is 11.8 Å². The molecule has 0 spiro atoms. The number of halogens is 3. The topological polar surface area (TPSA) is 125 Å². The van der Waals surface area contributed by atoms with E-state index in [1.807, 2.05) is 98.8 Å². The third-order valence-corrected chi connectivity index (χ3v) is 10.8. The molecule has 2 unspecified atom stereocenters. The number of carbonyl (C=O) groups excluding carboxylic acids is 2. The summed E-state index contributed by atoms with van der Waals surface area (Å²) >= 11 is -0.275. The Morgan fingerprint density at radius 2 is 1.16 bits per heavy atom. The number of amides is 3. The Morgan fingerprint density at radius 1 is 0.661 bits per heavy atom. The number of fused-ring (bicyclic) bond motifs is 2. The van der Waals surface area contributed by atoms with Crippen LogP contribution in [-0.2, 0) is 4.79 Å². The van der Waals surface area contributed by atoms with Gasteiger partial charge < -0.3 is 16.0 Å². The van der Waals surface area contributed by atoms with E-state index in [0.29, 0.717) is 34.4 Å². The summed E-state index contributed by atoms with van der Waals surface area (Å²) in [6.07, 6.45) is 3.24. The number of para-hydroxylation sites is 2. The third kappa shape index (κ3) is 7.18. The molecule has 5 heterocycles. The van der Waals surface area contributed by atoms with Crippen molar-refractivity contribution in [3.8, 4) is 0 Å². The van der Waals surface area contributed by atoms with Crippen molar-refractivity contribution in [3.05, 3.63) is 145 Å². The van der Waals surface area contributed by atoms with E-state index >= 15 is 0 Å². The number of aromatic nitrogens is 4. The molecule has 0 radical (unpaired) electrons. The number of thioether (sulfide) groups is 1. The van der Waals surface area contributed by atoms with E-state index in [4.69, 9.17) is 9.97 Å². The van der Waals surface area contributed by atoms with Crippen LogP contribution in [0, 0.1) is 0 Å². The zero-order valence-electron chi connectivity index (χ0n) is 30.0. The van der Waals surface area contributed by atoms with Gasteiger partial charge >= 0.3 is 11.5 Å². The van der Waals surface area contributed by atoms with Gasteiger partial charge in [0.05, 0.1) is 16.7 Å². The predicted molar refractivity (Wildman–Crippen MR) is 212 cm³/mol. The Kier molecular flexibility index (Phi) is 9.50. The van der Waals surface area contributed by atoms with Crippen LogP contribution in [0.25, 0.3) is 21.8 Å². The van der Waals surface area contributed by atoms with Crippen molar-refractivity contribution in [1.29, 1.82) is 0 Å². The minimum Gasteiger partial charge on any atom is -0.325 e. The van der Waals surface area contributed by atoms with Crippen molar-refractivity contribution < 1.29 is 22.8 Å². The second kappa shape index (κ2) is 14.6. The zero-order valence-corrected chi connectivity index (χ0v) is 30.8. The highest BCUT2D eigenvalue weighted by Gasteiger charge is 2.58. The van der Waals surface area contributed by atoms with E-state index in [2.05, 4.69) is 25.9 Å². The average Bonchev–Trinajstić information content (AvgIpc) is 3.46. The van der Waals surface area contributed by atoms with Gasteiger partial charge in [-0.25, -0.2) is 29.6 Å². The summed E-state index contributed by atoms with van der Waals surface area (Å²) in [6.45, 7) is 3.71. The molecule has 1 aliphatic rings. The molecule has 1 aliphatic heterocycles. The normalized spacial score (nSPS) is 16.8. The number of imide groups is 1. The lowest BCUT2D eigenvalue weighted by Gasteiger charge is -2.39. The number of hydrogen-bond donors (Lipinski definition) is 3. The molecule has 56 heavy (non-hydrogen) atoms. The van der Waals surface area contributed by atoms with E-state index < -0.39 is 34.8 Å². The average molecular weight is 771 g/mol. The highest BCUT2D eigenvalue weighted by atomic mass is 32.2. The summed E-state index contributed by atoms with van der Waals surface area (Å²) in [5, 5.41) is 11.5. The van der Waals surface area contributed by atoms with Crippen LogP contribution in [0.4, 0.5) is 46.9 Å². The largest absolute Gasteiger partial charge is 0.446 e. The summed E-state index contributed by atoms with van der Waals surface area (Å²) in [5.74, 6) is 0.228. The zero-order chi connectivity index (χ0) is 39.0. The maximum Gasteiger partial charge on any atom is 0.446 e. The molecule has 0 aliphatic carbocycles. The van der Waals surface area contributed by atoms with Gasteiger partial charge in [-0.15, -0.1) is 0 Å². The van der Waals surface area contributed by atoms with Crippen LogP contribution in [0.15, 0.2) is 139 Å². The number of carbonyl (C=O) groups is 2. The fraction of sp³-hybridized carbons (Fsp3) is 0.143. The Labute approximate surface area is 323 Å². The maximum absolute atomic E-state index is 15.0. The Balaban J connectivity index is 1.15. The van der Waals surface area contributed by atoms with Crippen LogP contribution in [0.1, 0.15) is 36.8 Å². The van der Waals surface area contributed by atoms with Crippen LogP contribution in [-0.4, -0.2) is 42.9 Å². The van der Waals surface area contributed by atoms with Crippen molar-refractivity contribution in [2.45, 2.75) is 41.6 Å². The SMILES string of the molecule is CC(c1ccnc(Nc2ccc3ccccc3n2)c1)C1(C(C)c2ccnc(Nc3ccc4ccccc4n3)c2)NC(=O)N(c2ccc(SC(F)(F)F)cc2)C1=O. The van der Waals surface area contributed by atoms with Crippen LogP contribution < -0.4 is 20.9 Å². The van der Waals surface area contributed by atoms with Gasteiger partial charge in [0.2, 0.25) is 0 Å². The molecule has 3 N–H and O–H groups in total. The van der Waals surface area contributed by atoms with E-state index in [1.54, 1.807) is 24.5 Å². The van der Waals surface area contributed by atoms with Gasteiger partial charge in [0.1, 0.15) is 28.8 Å². The van der Waals surface area contributed by atoms with E-state index in [0.717, 1.165) is 26.7 Å². The number of hydrogen-bond acceptors (Lipinski definition) is 9. The maximum atomic E-state index is 15.0. The highest BCUT2D eigenvalue weighted by molar-refractivity contribution is 8.00. The number of nitrogens with one attached hydrogen (secondary N) is 3. The second-order valence-corrected chi connectivity index (χ2v) is 14.5.